The van der Waals surface area contributed by atoms with Crippen molar-refractivity contribution in [2.75, 3.05) is 26.8 Å². The number of ether oxygens (including phenoxy) is 4. The van der Waals surface area contributed by atoms with Gasteiger partial charge >= 0.3 is 5.97 Å². The van der Waals surface area contributed by atoms with Crippen LogP contribution in [-0.2, 0) is 37.0 Å². The number of hydrogen-bond acceptors (Lipinski definition) is 6. The first kappa shape index (κ1) is 35.2. The van der Waals surface area contributed by atoms with Crippen LogP contribution in [0, 0.1) is 0 Å². The molecule has 4 atom stereocenters. The molecule has 0 heterocycles. The second kappa shape index (κ2) is 21.5. The number of rotatable bonds is 23. The third kappa shape index (κ3) is 13.5. The summed E-state index contributed by atoms with van der Waals surface area (Å²) >= 11 is 0. The van der Waals surface area contributed by atoms with E-state index in [9.17, 15) is 4.79 Å². The summed E-state index contributed by atoms with van der Waals surface area (Å²) in [7, 11) is 2.19. The normalized spacial score (nSPS) is 20.1. The lowest BCUT2D eigenvalue weighted by Gasteiger charge is -2.34. The zero-order valence-electron chi connectivity index (χ0n) is 27.1. The second-order valence-electron chi connectivity index (χ2n) is 11.9. The summed E-state index contributed by atoms with van der Waals surface area (Å²) in [6.45, 7) is 7.37. The van der Waals surface area contributed by atoms with Gasteiger partial charge in [-0.3, -0.25) is 9.69 Å². The van der Waals surface area contributed by atoms with Gasteiger partial charge in [-0.25, -0.2) is 0 Å². The molecule has 2 aromatic carbocycles. The first-order valence-electron chi connectivity index (χ1n) is 16.9. The van der Waals surface area contributed by atoms with E-state index >= 15 is 0 Å². The van der Waals surface area contributed by atoms with Crippen LogP contribution in [0.5, 0.6) is 0 Å². The molecule has 0 radical (unpaired) electrons. The highest BCUT2D eigenvalue weighted by Crippen LogP contribution is 2.33. The van der Waals surface area contributed by atoms with Crippen LogP contribution in [0.4, 0.5) is 0 Å². The molecule has 0 aromatic heterocycles. The molecule has 2 aromatic rings. The van der Waals surface area contributed by atoms with Gasteiger partial charge in [0.15, 0.2) is 0 Å². The van der Waals surface area contributed by atoms with Gasteiger partial charge in [0.1, 0.15) is 6.10 Å². The number of hydrogen-bond donors (Lipinski definition) is 0. The highest BCUT2D eigenvalue weighted by Gasteiger charge is 2.47. The molecule has 0 bridgehead atoms. The summed E-state index contributed by atoms with van der Waals surface area (Å²) in [5.41, 5.74) is 2.35. The highest BCUT2D eigenvalue weighted by atomic mass is 16.6. The molecule has 0 spiro atoms. The van der Waals surface area contributed by atoms with E-state index in [1.165, 1.54) is 49.7 Å². The predicted molar refractivity (Wildman–Crippen MR) is 174 cm³/mol. The summed E-state index contributed by atoms with van der Waals surface area (Å²) in [6, 6.07) is 20.9. The molecule has 0 unspecified atom stereocenters. The van der Waals surface area contributed by atoms with Gasteiger partial charge in [-0.2, -0.15) is 0 Å². The molecule has 0 amide bonds. The van der Waals surface area contributed by atoms with Gasteiger partial charge < -0.3 is 18.9 Å². The van der Waals surface area contributed by atoms with Gasteiger partial charge in [-0.1, -0.05) is 113 Å². The standard InChI is InChI=1S/C37H57NO5/c1-4-6-7-8-9-10-20-27-41-37-34(43-30-32-23-16-12-17-24-32)28-33(42-29-31-21-14-11-15-22-31)36(37)38(3)26-19-13-18-25-35(39)40-5-2/h11-12,14-17,21-24,33-34,36-37H,4-10,13,18-20,25-30H2,1-3H3/t33-,34+,36+,37+/m1/s1. The third-order valence-corrected chi connectivity index (χ3v) is 8.43. The predicted octanol–water partition coefficient (Wildman–Crippen LogP) is 8.12. The summed E-state index contributed by atoms with van der Waals surface area (Å²) in [5, 5.41) is 0. The molecule has 43 heavy (non-hydrogen) atoms. The van der Waals surface area contributed by atoms with E-state index in [4.69, 9.17) is 18.9 Å². The Bertz CT molecular complexity index is 971. The molecule has 1 aliphatic rings. The van der Waals surface area contributed by atoms with Gasteiger partial charge in [0.25, 0.3) is 0 Å². The van der Waals surface area contributed by atoms with Crippen LogP contribution < -0.4 is 0 Å². The Hall–Kier alpha value is -2.25. The van der Waals surface area contributed by atoms with E-state index in [1.807, 2.05) is 19.1 Å². The van der Waals surface area contributed by atoms with Gasteiger partial charge in [0.2, 0.25) is 0 Å². The van der Waals surface area contributed by atoms with Gasteiger partial charge in [-0.15, -0.1) is 0 Å². The van der Waals surface area contributed by atoms with E-state index in [0.29, 0.717) is 26.2 Å². The fraction of sp³-hybridized carbons (Fsp3) is 0.649. The summed E-state index contributed by atoms with van der Waals surface area (Å²) in [5.74, 6) is -0.0988. The molecule has 1 fully saturated rings. The van der Waals surface area contributed by atoms with Crippen molar-refractivity contribution in [3.63, 3.8) is 0 Å². The smallest absolute Gasteiger partial charge is 0.305 e. The Balaban J connectivity index is 1.64. The van der Waals surface area contributed by atoms with E-state index in [1.54, 1.807) is 0 Å². The first-order valence-corrected chi connectivity index (χ1v) is 16.9. The molecule has 0 aliphatic heterocycles. The monoisotopic (exact) mass is 595 g/mol. The van der Waals surface area contributed by atoms with Crippen molar-refractivity contribution in [2.24, 2.45) is 0 Å². The van der Waals surface area contributed by atoms with Crippen molar-refractivity contribution in [3.05, 3.63) is 71.8 Å². The van der Waals surface area contributed by atoms with Crippen LogP contribution in [0.25, 0.3) is 0 Å². The molecule has 240 valence electrons. The van der Waals surface area contributed by atoms with Gasteiger partial charge in [-0.05, 0) is 50.9 Å². The van der Waals surface area contributed by atoms with E-state index in [2.05, 4.69) is 67.4 Å². The van der Waals surface area contributed by atoms with E-state index in [0.717, 1.165) is 45.3 Å². The SMILES string of the molecule is CCCCCCCCCO[C@@H]1[C@@H](N(C)CCCCCC(=O)OCC)[C@H](OCc2ccccc2)C[C@@H]1OCc1ccccc1. The Morgan fingerprint density at radius 1 is 0.721 bits per heavy atom. The third-order valence-electron chi connectivity index (χ3n) is 8.43. The van der Waals surface area contributed by atoms with Gasteiger partial charge in [0.05, 0.1) is 38.1 Å². The number of nitrogens with zero attached hydrogens (tertiary/aromatic N) is 1. The molecule has 6 nitrogen and oxygen atoms in total. The summed E-state index contributed by atoms with van der Waals surface area (Å²) in [4.78, 5) is 14.2. The maximum absolute atomic E-state index is 11.8. The number of benzene rings is 2. The molecule has 1 saturated carbocycles. The minimum Gasteiger partial charge on any atom is -0.466 e. The van der Waals surface area contributed by atoms with Crippen molar-refractivity contribution < 1.29 is 23.7 Å². The number of likely N-dealkylation sites (N-methyl/N-ethyl adjacent to an activating group) is 1. The Morgan fingerprint density at radius 3 is 1.93 bits per heavy atom. The summed E-state index contributed by atoms with van der Waals surface area (Å²) < 4.78 is 25.1. The zero-order chi connectivity index (χ0) is 30.5. The quantitative estimate of drug-likeness (QED) is 0.0955. The molecule has 0 saturated heterocycles. The van der Waals surface area contributed by atoms with Crippen molar-refractivity contribution >= 4 is 5.97 Å². The molecule has 6 heteroatoms. The van der Waals surface area contributed by atoms with Crippen molar-refractivity contribution in [2.45, 2.75) is 128 Å². The van der Waals surface area contributed by atoms with E-state index in [-0.39, 0.29) is 30.3 Å². The van der Waals surface area contributed by atoms with Crippen LogP contribution in [0.15, 0.2) is 60.7 Å². The molecule has 3 rings (SSSR count). The fourth-order valence-corrected chi connectivity index (χ4v) is 6.03. The Morgan fingerprint density at radius 2 is 1.30 bits per heavy atom. The Labute approximate surface area is 261 Å². The van der Waals surface area contributed by atoms with Crippen LogP contribution in [0.2, 0.25) is 0 Å². The first-order chi connectivity index (χ1) is 21.1. The van der Waals surface area contributed by atoms with Crippen LogP contribution >= 0.6 is 0 Å². The minimum atomic E-state index is -0.0988. The minimum absolute atomic E-state index is 0.00422. The lowest BCUT2D eigenvalue weighted by atomic mass is 10.1. The molecular formula is C37H57NO5. The van der Waals surface area contributed by atoms with Crippen LogP contribution in [0.1, 0.15) is 102 Å². The second-order valence-corrected chi connectivity index (χ2v) is 11.9. The fourth-order valence-electron chi connectivity index (χ4n) is 6.03. The summed E-state index contributed by atoms with van der Waals surface area (Å²) in [6.07, 6.45) is 12.9. The average Bonchev–Trinajstić information content (AvgIpc) is 3.38. The van der Waals surface area contributed by atoms with Crippen LogP contribution in [0.3, 0.4) is 0 Å². The maximum Gasteiger partial charge on any atom is 0.305 e. The van der Waals surface area contributed by atoms with Crippen molar-refractivity contribution in [3.8, 4) is 0 Å². The molecular weight excluding hydrogens is 538 g/mol. The maximum atomic E-state index is 11.8. The molecule has 0 N–H and O–H groups in total. The Kier molecular flexibility index (Phi) is 17.6. The lowest BCUT2D eigenvalue weighted by Crippen LogP contribution is -2.48. The lowest BCUT2D eigenvalue weighted by molar-refractivity contribution is -0.143. The number of unbranched alkanes of at least 4 members (excludes halogenated alkanes) is 8. The van der Waals surface area contributed by atoms with Crippen LogP contribution in [-0.4, -0.2) is 62.0 Å². The van der Waals surface area contributed by atoms with Crippen molar-refractivity contribution in [1.82, 2.24) is 4.90 Å². The zero-order valence-corrected chi connectivity index (χ0v) is 27.1. The van der Waals surface area contributed by atoms with E-state index < -0.39 is 0 Å². The average molecular weight is 596 g/mol. The highest BCUT2D eigenvalue weighted by molar-refractivity contribution is 5.69. The largest absolute Gasteiger partial charge is 0.466 e. The number of carbonyl (C=O) groups is 1. The number of esters is 1. The number of carbonyl (C=O) groups excluding carboxylic acids is 1. The topological polar surface area (TPSA) is 57.2 Å². The van der Waals surface area contributed by atoms with Gasteiger partial charge in [0, 0.05) is 19.4 Å². The van der Waals surface area contributed by atoms with Crippen molar-refractivity contribution in [1.29, 1.82) is 0 Å². The molecule has 1 aliphatic carbocycles.